The van der Waals surface area contributed by atoms with Crippen molar-refractivity contribution in [1.82, 2.24) is 15.4 Å². The van der Waals surface area contributed by atoms with E-state index in [0.717, 1.165) is 5.75 Å². The number of aromatic amines is 1. The molecule has 2 N–H and O–H groups in total. The Morgan fingerprint density at radius 2 is 2.17 bits per heavy atom. The number of nitrogens with one attached hydrogen (secondary N) is 2. The van der Waals surface area contributed by atoms with Crippen molar-refractivity contribution < 1.29 is 9.53 Å². The Labute approximate surface area is 104 Å². The number of amides is 1. The Morgan fingerprint density at radius 3 is 2.89 bits per heavy atom. The first-order valence-corrected chi connectivity index (χ1v) is 5.68. The van der Waals surface area contributed by atoms with Gasteiger partial charge in [-0.3, -0.25) is 4.79 Å². The molecule has 0 aliphatic heterocycles. The van der Waals surface area contributed by atoms with Crippen molar-refractivity contribution in [2.45, 2.75) is 12.8 Å². The quantitative estimate of drug-likeness (QED) is 0.759. The van der Waals surface area contributed by atoms with E-state index in [9.17, 15) is 4.79 Å². The minimum absolute atomic E-state index is 0.0967. The van der Waals surface area contributed by atoms with Crippen LogP contribution in [0.15, 0.2) is 36.5 Å². The molecular weight excluding hydrogens is 232 g/mol. The van der Waals surface area contributed by atoms with Crippen LogP contribution >= 0.6 is 0 Å². The van der Waals surface area contributed by atoms with Crippen molar-refractivity contribution >= 4 is 11.7 Å². The van der Waals surface area contributed by atoms with Gasteiger partial charge in [-0.2, -0.15) is 10.3 Å². The predicted octanol–water partition coefficient (Wildman–Crippen LogP) is 1.60. The van der Waals surface area contributed by atoms with E-state index in [1.54, 1.807) is 0 Å². The number of benzene rings is 1. The fourth-order valence-electron chi connectivity index (χ4n) is 1.41. The smallest absolute Gasteiger partial charge is 0.225 e. The maximum absolute atomic E-state index is 11.5. The highest BCUT2D eigenvalue weighted by Crippen LogP contribution is 2.09. The second kappa shape index (κ2) is 6.39. The molecule has 1 amide bonds. The number of rotatable bonds is 6. The van der Waals surface area contributed by atoms with Gasteiger partial charge in [-0.1, -0.05) is 18.2 Å². The topological polar surface area (TPSA) is 79.9 Å². The average molecular weight is 246 g/mol. The largest absolute Gasteiger partial charge is 0.494 e. The molecule has 0 radical (unpaired) electrons. The van der Waals surface area contributed by atoms with Crippen molar-refractivity contribution in [2.24, 2.45) is 0 Å². The van der Waals surface area contributed by atoms with Crippen LogP contribution < -0.4 is 10.1 Å². The summed E-state index contributed by atoms with van der Waals surface area (Å²) in [7, 11) is 0. The lowest BCUT2D eigenvalue weighted by Gasteiger charge is -2.05. The van der Waals surface area contributed by atoms with Gasteiger partial charge in [0.15, 0.2) is 5.82 Å². The van der Waals surface area contributed by atoms with Gasteiger partial charge in [-0.25, -0.2) is 0 Å². The lowest BCUT2D eigenvalue weighted by atomic mass is 10.3. The molecule has 0 atom stereocenters. The number of anilines is 1. The van der Waals surface area contributed by atoms with Crippen molar-refractivity contribution in [2.75, 3.05) is 11.9 Å². The molecule has 1 aromatic heterocycles. The van der Waals surface area contributed by atoms with Crippen LogP contribution in [0, 0.1) is 0 Å². The highest BCUT2D eigenvalue weighted by atomic mass is 16.5. The molecule has 0 aliphatic carbocycles. The number of carbonyl (C=O) groups excluding carboxylic acids is 1. The Morgan fingerprint density at radius 1 is 1.33 bits per heavy atom. The molecule has 2 rings (SSSR count). The van der Waals surface area contributed by atoms with E-state index in [1.165, 1.54) is 6.20 Å². The Hall–Kier alpha value is -2.37. The van der Waals surface area contributed by atoms with Crippen LogP contribution in [-0.2, 0) is 4.79 Å². The first-order chi connectivity index (χ1) is 8.84. The summed E-state index contributed by atoms with van der Waals surface area (Å²) in [5.41, 5.74) is 0. The van der Waals surface area contributed by atoms with Gasteiger partial charge in [0.2, 0.25) is 5.91 Å². The monoisotopic (exact) mass is 246 g/mol. The van der Waals surface area contributed by atoms with Crippen molar-refractivity contribution in [3.05, 3.63) is 36.5 Å². The van der Waals surface area contributed by atoms with Crippen LogP contribution in [0.4, 0.5) is 5.82 Å². The summed E-state index contributed by atoms with van der Waals surface area (Å²) in [5, 5.41) is 12.4. The predicted molar refractivity (Wildman–Crippen MR) is 66.2 cm³/mol. The van der Waals surface area contributed by atoms with Crippen LogP contribution in [0.5, 0.6) is 5.75 Å². The Bertz CT molecular complexity index is 470. The van der Waals surface area contributed by atoms with E-state index >= 15 is 0 Å². The summed E-state index contributed by atoms with van der Waals surface area (Å²) in [6, 6.07) is 9.52. The minimum Gasteiger partial charge on any atom is -0.494 e. The first kappa shape index (κ1) is 12.1. The van der Waals surface area contributed by atoms with Crippen LogP contribution in [0.25, 0.3) is 0 Å². The molecule has 6 heteroatoms. The summed E-state index contributed by atoms with van der Waals surface area (Å²) < 4.78 is 5.48. The van der Waals surface area contributed by atoms with Crippen molar-refractivity contribution in [3.8, 4) is 5.75 Å². The van der Waals surface area contributed by atoms with E-state index in [-0.39, 0.29) is 5.91 Å². The standard InChI is InChI=1S/C12H14N4O2/c17-12(14-11-9-13-16-15-11)7-4-8-18-10-5-2-1-3-6-10/h1-3,5-6,9H,4,7-8H2,(H2,13,14,15,16,17). The zero-order chi connectivity index (χ0) is 12.6. The molecule has 1 heterocycles. The summed E-state index contributed by atoms with van der Waals surface area (Å²) in [4.78, 5) is 11.5. The summed E-state index contributed by atoms with van der Waals surface area (Å²) in [6.07, 6.45) is 2.50. The molecule has 0 bridgehead atoms. The van der Waals surface area contributed by atoms with E-state index in [2.05, 4.69) is 20.7 Å². The molecule has 94 valence electrons. The normalized spacial score (nSPS) is 10.0. The zero-order valence-electron chi connectivity index (χ0n) is 9.80. The Kier molecular flexibility index (Phi) is 4.29. The maximum atomic E-state index is 11.5. The van der Waals surface area contributed by atoms with E-state index < -0.39 is 0 Å². The molecule has 0 fully saturated rings. The molecular formula is C12H14N4O2. The van der Waals surface area contributed by atoms with Gasteiger partial charge in [-0.05, 0) is 18.6 Å². The van der Waals surface area contributed by atoms with Crippen LogP contribution in [0.2, 0.25) is 0 Å². The lowest BCUT2D eigenvalue weighted by Crippen LogP contribution is -2.13. The number of nitrogens with zero attached hydrogens (tertiary/aromatic N) is 2. The SMILES string of the molecule is O=C(CCCOc1ccccc1)Nc1cn[nH]n1. The van der Waals surface area contributed by atoms with Crippen LogP contribution in [0.3, 0.4) is 0 Å². The number of aromatic nitrogens is 3. The number of carbonyl (C=O) groups is 1. The summed E-state index contributed by atoms with van der Waals surface area (Å²) in [6.45, 7) is 0.510. The van der Waals surface area contributed by atoms with E-state index in [0.29, 0.717) is 25.3 Å². The van der Waals surface area contributed by atoms with Gasteiger partial charge >= 0.3 is 0 Å². The second-order valence-corrected chi connectivity index (χ2v) is 3.67. The van der Waals surface area contributed by atoms with Gasteiger partial charge in [-0.15, -0.1) is 5.10 Å². The fraction of sp³-hybridized carbons (Fsp3) is 0.250. The molecule has 6 nitrogen and oxygen atoms in total. The minimum atomic E-state index is -0.0967. The maximum Gasteiger partial charge on any atom is 0.225 e. The van der Waals surface area contributed by atoms with Gasteiger partial charge in [0.05, 0.1) is 12.8 Å². The van der Waals surface area contributed by atoms with Crippen LogP contribution in [-0.4, -0.2) is 27.9 Å². The molecule has 0 saturated carbocycles. The number of para-hydroxylation sites is 1. The van der Waals surface area contributed by atoms with Crippen LogP contribution in [0.1, 0.15) is 12.8 Å². The third-order valence-corrected chi connectivity index (χ3v) is 2.24. The average Bonchev–Trinajstić information content (AvgIpc) is 2.89. The van der Waals surface area contributed by atoms with Gasteiger partial charge in [0.1, 0.15) is 5.75 Å². The number of hydrogen-bond acceptors (Lipinski definition) is 4. The van der Waals surface area contributed by atoms with E-state index in [1.807, 2.05) is 30.3 Å². The molecule has 1 aromatic carbocycles. The highest BCUT2D eigenvalue weighted by molar-refractivity contribution is 5.89. The zero-order valence-corrected chi connectivity index (χ0v) is 9.80. The highest BCUT2D eigenvalue weighted by Gasteiger charge is 2.03. The van der Waals surface area contributed by atoms with Gasteiger partial charge in [0.25, 0.3) is 0 Å². The molecule has 0 unspecified atom stereocenters. The fourth-order valence-corrected chi connectivity index (χ4v) is 1.41. The lowest BCUT2D eigenvalue weighted by molar-refractivity contribution is -0.116. The third-order valence-electron chi connectivity index (χ3n) is 2.24. The molecule has 2 aromatic rings. The van der Waals surface area contributed by atoms with E-state index in [4.69, 9.17) is 4.74 Å². The molecule has 0 spiro atoms. The van der Waals surface area contributed by atoms with Gasteiger partial charge in [0, 0.05) is 6.42 Å². The number of H-pyrrole nitrogens is 1. The first-order valence-electron chi connectivity index (χ1n) is 5.68. The second-order valence-electron chi connectivity index (χ2n) is 3.67. The molecule has 0 saturated heterocycles. The van der Waals surface area contributed by atoms with Crippen molar-refractivity contribution in [3.63, 3.8) is 0 Å². The van der Waals surface area contributed by atoms with Crippen molar-refractivity contribution in [1.29, 1.82) is 0 Å². The summed E-state index contributed by atoms with van der Waals surface area (Å²) in [5.74, 6) is 1.15. The Balaban J connectivity index is 1.62. The summed E-state index contributed by atoms with van der Waals surface area (Å²) >= 11 is 0. The molecule has 0 aliphatic rings. The van der Waals surface area contributed by atoms with Gasteiger partial charge < -0.3 is 10.1 Å². The number of hydrogen-bond donors (Lipinski definition) is 2. The molecule has 18 heavy (non-hydrogen) atoms. The third kappa shape index (κ3) is 3.89. The number of ether oxygens (including phenoxy) is 1.